The minimum absolute atomic E-state index is 0.157. The van der Waals surface area contributed by atoms with Crippen LogP contribution in [0.2, 0.25) is 0 Å². The van der Waals surface area contributed by atoms with E-state index in [0.717, 1.165) is 36.9 Å². The zero-order chi connectivity index (χ0) is 15.0. The molecule has 3 rings (SSSR count). The van der Waals surface area contributed by atoms with Crippen molar-refractivity contribution in [2.75, 3.05) is 12.3 Å². The zero-order valence-corrected chi connectivity index (χ0v) is 11.3. The molecule has 2 N–H and O–H groups in total. The Morgan fingerprint density at radius 2 is 1.95 bits per heavy atom. The summed E-state index contributed by atoms with van der Waals surface area (Å²) in [5.74, 6) is 0.157. The molecule has 2 aromatic rings. The zero-order valence-electron chi connectivity index (χ0n) is 11.3. The summed E-state index contributed by atoms with van der Waals surface area (Å²) in [4.78, 5) is 4.57. The number of halogens is 3. The van der Waals surface area contributed by atoms with Gasteiger partial charge in [0.2, 0.25) is 0 Å². The smallest absolute Gasteiger partial charge is 0.422 e. The molecule has 0 spiro atoms. The topological polar surface area (TPSA) is 48.1 Å². The first-order valence-electron chi connectivity index (χ1n) is 6.84. The van der Waals surface area contributed by atoms with Crippen molar-refractivity contribution in [3.8, 4) is 5.75 Å². The van der Waals surface area contributed by atoms with E-state index in [1.807, 2.05) is 0 Å². The van der Waals surface area contributed by atoms with Crippen LogP contribution in [-0.4, -0.2) is 17.8 Å². The van der Waals surface area contributed by atoms with Crippen LogP contribution < -0.4 is 10.5 Å². The highest BCUT2D eigenvalue weighted by Gasteiger charge is 2.28. The number of rotatable bonds is 2. The Morgan fingerprint density at radius 1 is 1.19 bits per heavy atom. The average molecular weight is 296 g/mol. The van der Waals surface area contributed by atoms with Crippen molar-refractivity contribution in [2.45, 2.75) is 31.9 Å². The number of aryl methyl sites for hydroxylation is 1. The van der Waals surface area contributed by atoms with Gasteiger partial charge in [-0.15, -0.1) is 0 Å². The molecule has 1 aliphatic rings. The van der Waals surface area contributed by atoms with Crippen LogP contribution in [0.15, 0.2) is 18.2 Å². The predicted octanol–water partition coefficient (Wildman–Crippen LogP) is 3.64. The van der Waals surface area contributed by atoms with E-state index in [9.17, 15) is 13.2 Å². The molecule has 21 heavy (non-hydrogen) atoms. The van der Waals surface area contributed by atoms with Crippen LogP contribution in [0.5, 0.6) is 5.75 Å². The normalized spacial score (nSPS) is 15.0. The van der Waals surface area contributed by atoms with Crippen LogP contribution in [0.4, 0.5) is 18.9 Å². The number of aromatic nitrogens is 1. The molecule has 0 amide bonds. The molecule has 0 fully saturated rings. The van der Waals surface area contributed by atoms with E-state index in [2.05, 4.69) is 4.98 Å². The fourth-order valence-corrected chi connectivity index (χ4v) is 2.69. The molecular weight excluding hydrogens is 281 g/mol. The van der Waals surface area contributed by atoms with Crippen molar-refractivity contribution < 1.29 is 17.9 Å². The van der Waals surface area contributed by atoms with E-state index in [0.29, 0.717) is 16.6 Å². The molecule has 0 atom stereocenters. The van der Waals surface area contributed by atoms with Crippen molar-refractivity contribution in [3.63, 3.8) is 0 Å². The van der Waals surface area contributed by atoms with Gasteiger partial charge in [-0.3, -0.25) is 4.98 Å². The average Bonchev–Trinajstić information content (AvgIpc) is 2.45. The van der Waals surface area contributed by atoms with Gasteiger partial charge in [0.25, 0.3) is 0 Å². The maximum absolute atomic E-state index is 12.2. The second-order valence-electron chi connectivity index (χ2n) is 5.24. The lowest BCUT2D eigenvalue weighted by Crippen LogP contribution is -2.19. The molecule has 6 heteroatoms. The number of nitrogen functional groups attached to an aromatic ring is 1. The van der Waals surface area contributed by atoms with Crippen molar-refractivity contribution >= 4 is 16.6 Å². The number of fused-ring (bicyclic) bond motifs is 2. The van der Waals surface area contributed by atoms with Crippen LogP contribution in [0.1, 0.15) is 24.1 Å². The van der Waals surface area contributed by atoms with Gasteiger partial charge < -0.3 is 10.5 Å². The van der Waals surface area contributed by atoms with E-state index < -0.39 is 12.8 Å². The Labute approximate surface area is 119 Å². The third-order valence-corrected chi connectivity index (χ3v) is 3.68. The minimum atomic E-state index is -4.35. The Kier molecular flexibility index (Phi) is 3.39. The monoisotopic (exact) mass is 296 g/mol. The van der Waals surface area contributed by atoms with Crippen LogP contribution in [0.25, 0.3) is 10.9 Å². The molecule has 0 saturated carbocycles. The lowest BCUT2D eigenvalue weighted by molar-refractivity contribution is -0.153. The SMILES string of the molecule is Nc1c2c(nc3ccc(OCC(F)(F)F)cc13)CCCC2. The quantitative estimate of drug-likeness (QED) is 0.920. The second kappa shape index (κ2) is 5.09. The number of pyridine rings is 1. The number of benzene rings is 1. The molecule has 1 aromatic carbocycles. The number of hydrogen-bond acceptors (Lipinski definition) is 3. The van der Waals surface area contributed by atoms with Gasteiger partial charge >= 0.3 is 6.18 Å². The van der Waals surface area contributed by atoms with Gasteiger partial charge in [-0.25, -0.2) is 0 Å². The predicted molar refractivity (Wildman–Crippen MR) is 74.3 cm³/mol. The Bertz CT molecular complexity index is 683. The first-order valence-corrected chi connectivity index (χ1v) is 6.84. The lowest BCUT2D eigenvalue weighted by Gasteiger charge is -2.19. The van der Waals surface area contributed by atoms with Gasteiger partial charge in [0, 0.05) is 16.8 Å². The summed E-state index contributed by atoms with van der Waals surface area (Å²) in [7, 11) is 0. The Balaban J connectivity index is 1.99. The van der Waals surface area contributed by atoms with Crippen molar-refractivity contribution in [1.82, 2.24) is 4.98 Å². The molecule has 0 bridgehead atoms. The molecule has 0 unspecified atom stereocenters. The molecule has 112 valence electrons. The fourth-order valence-electron chi connectivity index (χ4n) is 2.69. The van der Waals surface area contributed by atoms with E-state index in [1.54, 1.807) is 6.07 Å². The number of hydrogen-bond donors (Lipinski definition) is 1. The molecule has 1 aromatic heterocycles. The van der Waals surface area contributed by atoms with Gasteiger partial charge in [0.05, 0.1) is 5.52 Å². The van der Waals surface area contributed by atoms with Gasteiger partial charge in [0.15, 0.2) is 6.61 Å². The summed E-state index contributed by atoms with van der Waals surface area (Å²) in [5.41, 5.74) is 9.53. The third-order valence-electron chi connectivity index (χ3n) is 3.68. The van der Waals surface area contributed by atoms with E-state index in [-0.39, 0.29) is 5.75 Å². The molecule has 1 heterocycles. The summed E-state index contributed by atoms with van der Waals surface area (Å²) >= 11 is 0. The Morgan fingerprint density at radius 3 is 2.71 bits per heavy atom. The van der Waals surface area contributed by atoms with Crippen LogP contribution in [-0.2, 0) is 12.8 Å². The van der Waals surface area contributed by atoms with Crippen molar-refractivity contribution in [1.29, 1.82) is 0 Å². The largest absolute Gasteiger partial charge is 0.484 e. The van der Waals surface area contributed by atoms with Crippen LogP contribution in [0.3, 0.4) is 0 Å². The van der Waals surface area contributed by atoms with Gasteiger partial charge in [-0.05, 0) is 49.4 Å². The first kappa shape index (κ1) is 14.0. The number of alkyl halides is 3. The van der Waals surface area contributed by atoms with Gasteiger partial charge in [-0.1, -0.05) is 0 Å². The lowest BCUT2D eigenvalue weighted by atomic mass is 9.93. The van der Waals surface area contributed by atoms with Crippen LogP contribution >= 0.6 is 0 Å². The first-order chi connectivity index (χ1) is 9.94. The number of ether oxygens (including phenoxy) is 1. The standard InChI is InChI=1S/C15H15F3N2O/c16-15(17,18)8-21-9-5-6-13-11(7-9)14(19)10-3-1-2-4-12(10)20-13/h5-7H,1-4,8H2,(H2,19,20). The highest BCUT2D eigenvalue weighted by atomic mass is 19.4. The maximum Gasteiger partial charge on any atom is 0.422 e. The summed E-state index contributed by atoms with van der Waals surface area (Å²) < 4.78 is 41.4. The summed E-state index contributed by atoms with van der Waals surface area (Å²) in [6.07, 6.45) is -0.416. The molecule has 0 radical (unpaired) electrons. The summed E-state index contributed by atoms with van der Waals surface area (Å²) in [6.45, 7) is -1.31. The van der Waals surface area contributed by atoms with Crippen molar-refractivity contribution in [3.05, 3.63) is 29.5 Å². The molecule has 1 aliphatic carbocycles. The van der Waals surface area contributed by atoms with Gasteiger partial charge in [-0.2, -0.15) is 13.2 Å². The van der Waals surface area contributed by atoms with E-state index in [1.165, 1.54) is 12.1 Å². The number of nitrogens with two attached hydrogens (primary N) is 1. The molecule has 3 nitrogen and oxygen atoms in total. The summed E-state index contributed by atoms with van der Waals surface area (Å²) in [6, 6.07) is 4.69. The van der Waals surface area contributed by atoms with Gasteiger partial charge in [0.1, 0.15) is 5.75 Å². The van der Waals surface area contributed by atoms with Crippen LogP contribution in [0, 0.1) is 0 Å². The Hall–Kier alpha value is -1.98. The minimum Gasteiger partial charge on any atom is -0.484 e. The highest BCUT2D eigenvalue weighted by molar-refractivity contribution is 5.93. The van der Waals surface area contributed by atoms with E-state index in [4.69, 9.17) is 10.5 Å². The molecular formula is C15H15F3N2O. The molecule has 0 aliphatic heterocycles. The summed E-state index contributed by atoms with van der Waals surface area (Å²) in [5, 5.41) is 0.662. The maximum atomic E-state index is 12.2. The number of anilines is 1. The highest BCUT2D eigenvalue weighted by Crippen LogP contribution is 2.33. The molecule has 0 saturated heterocycles. The second-order valence-corrected chi connectivity index (χ2v) is 5.24. The van der Waals surface area contributed by atoms with E-state index >= 15 is 0 Å². The third kappa shape index (κ3) is 2.89. The number of nitrogens with zero attached hydrogens (tertiary/aromatic N) is 1. The van der Waals surface area contributed by atoms with Crippen molar-refractivity contribution in [2.24, 2.45) is 0 Å². The fraction of sp³-hybridized carbons (Fsp3) is 0.400.